The summed E-state index contributed by atoms with van der Waals surface area (Å²) in [7, 11) is 0. The second-order valence-corrected chi connectivity index (χ2v) is 6.09. The highest BCUT2D eigenvalue weighted by molar-refractivity contribution is 7.99. The van der Waals surface area contributed by atoms with Crippen LogP contribution in [0.3, 0.4) is 0 Å². The monoisotopic (exact) mass is 303 g/mol. The van der Waals surface area contributed by atoms with E-state index in [9.17, 15) is 0 Å². The number of hydrogen-bond acceptors (Lipinski definition) is 3. The molecule has 0 aliphatic carbocycles. The third-order valence-corrected chi connectivity index (χ3v) is 3.90. The summed E-state index contributed by atoms with van der Waals surface area (Å²) in [5.41, 5.74) is 7.83. The Labute approximate surface area is 129 Å². The molecule has 2 aromatic carbocycles. The SMILES string of the molecule is CCSc1cccc(Oc2cccc(C)c2)c1C(N)=S. The largest absolute Gasteiger partial charge is 0.457 e. The molecule has 2 rings (SSSR count). The molecule has 0 aromatic heterocycles. The van der Waals surface area contributed by atoms with Gasteiger partial charge in [-0.3, -0.25) is 0 Å². The molecule has 0 saturated heterocycles. The molecular formula is C16H17NOS2. The number of thiocarbonyl (C=S) groups is 1. The van der Waals surface area contributed by atoms with E-state index in [-0.39, 0.29) is 0 Å². The minimum atomic E-state index is 0.365. The fraction of sp³-hybridized carbons (Fsp3) is 0.188. The third-order valence-electron chi connectivity index (χ3n) is 2.75. The summed E-state index contributed by atoms with van der Waals surface area (Å²) in [6.45, 7) is 4.13. The lowest BCUT2D eigenvalue weighted by Gasteiger charge is -2.14. The van der Waals surface area contributed by atoms with Crippen LogP contribution < -0.4 is 10.5 Å². The number of hydrogen-bond donors (Lipinski definition) is 1. The van der Waals surface area contributed by atoms with Gasteiger partial charge in [0.15, 0.2) is 0 Å². The highest BCUT2D eigenvalue weighted by Crippen LogP contribution is 2.33. The van der Waals surface area contributed by atoms with Gasteiger partial charge in [-0.1, -0.05) is 37.3 Å². The predicted octanol–water partition coefficient (Wildman–Crippen LogP) is 4.53. The summed E-state index contributed by atoms with van der Waals surface area (Å²) in [5.74, 6) is 2.46. The van der Waals surface area contributed by atoms with Crippen LogP contribution in [0.2, 0.25) is 0 Å². The lowest BCUT2D eigenvalue weighted by atomic mass is 10.2. The van der Waals surface area contributed by atoms with Crippen LogP contribution in [0.4, 0.5) is 0 Å². The molecule has 2 aromatic rings. The van der Waals surface area contributed by atoms with Gasteiger partial charge in [-0.05, 0) is 42.5 Å². The summed E-state index contributed by atoms with van der Waals surface area (Å²) < 4.78 is 5.96. The van der Waals surface area contributed by atoms with E-state index in [4.69, 9.17) is 22.7 Å². The smallest absolute Gasteiger partial charge is 0.138 e. The van der Waals surface area contributed by atoms with E-state index in [1.807, 2.05) is 49.4 Å². The second kappa shape index (κ2) is 6.77. The summed E-state index contributed by atoms with van der Waals surface area (Å²) in [5, 5.41) is 0. The van der Waals surface area contributed by atoms with E-state index in [1.165, 1.54) is 0 Å². The highest BCUT2D eigenvalue weighted by atomic mass is 32.2. The van der Waals surface area contributed by atoms with Gasteiger partial charge in [0.05, 0.1) is 5.56 Å². The van der Waals surface area contributed by atoms with Crippen LogP contribution in [0, 0.1) is 6.92 Å². The molecule has 0 atom stereocenters. The van der Waals surface area contributed by atoms with Crippen molar-refractivity contribution in [3.8, 4) is 11.5 Å². The molecule has 2 N–H and O–H groups in total. The zero-order valence-electron chi connectivity index (χ0n) is 11.6. The Bertz CT molecular complexity index is 626. The normalized spacial score (nSPS) is 10.3. The first kappa shape index (κ1) is 14.9. The number of nitrogens with two attached hydrogens (primary N) is 1. The van der Waals surface area contributed by atoms with E-state index < -0.39 is 0 Å². The number of aryl methyl sites for hydroxylation is 1. The summed E-state index contributed by atoms with van der Waals surface area (Å²) in [6.07, 6.45) is 0. The van der Waals surface area contributed by atoms with Gasteiger partial charge in [0.1, 0.15) is 16.5 Å². The molecule has 0 fully saturated rings. The van der Waals surface area contributed by atoms with Crippen molar-refractivity contribution < 1.29 is 4.74 Å². The summed E-state index contributed by atoms with van der Waals surface area (Å²) >= 11 is 6.89. The zero-order valence-corrected chi connectivity index (χ0v) is 13.2. The first-order chi connectivity index (χ1) is 9.61. The van der Waals surface area contributed by atoms with E-state index in [2.05, 4.69) is 6.92 Å². The van der Waals surface area contributed by atoms with Gasteiger partial charge in [0, 0.05) is 4.90 Å². The number of thioether (sulfide) groups is 1. The van der Waals surface area contributed by atoms with E-state index >= 15 is 0 Å². The standard InChI is InChI=1S/C16H17NOS2/c1-3-20-14-9-5-8-13(15(14)16(17)19)18-12-7-4-6-11(2)10-12/h4-10H,3H2,1-2H3,(H2,17,19). The summed E-state index contributed by atoms with van der Waals surface area (Å²) in [6, 6.07) is 13.8. The van der Waals surface area contributed by atoms with Crippen LogP contribution in [0.25, 0.3) is 0 Å². The molecular weight excluding hydrogens is 286 g/mol. The van der Waals surface area contributed by atoms with Crippen LogP contribution in [0.1, 0.15) is 18.1 Å². The van der Waals surface area contributed by atoms with Gasteiger partial charge in [0.2, 0.25) is 0 Å². The number of benzene rings is 2. The number of ether oxygens (including phenoxy) is 1. The highest BCUT2D eigenvalue weighted by Gasteiger charge is 2.13. The van der Waals surface area contributed by atoms with Gasteiger partial charge < -0.3 is 10.5 Å². The molecule has 4 heteroatoms. The lowest BCUT2D eigenvalue weighted by Crippen LogP contribution is -2.12. The number of rotatable bonds is 5. The fourth-order valence-corrected chi connectivity index (χ4v) is 3.04. The average Bonchev–Trinajstić information content (AvgIpc) is 2.39. The van der Waals surface area contributed by atoms with Gasteiger partial charge in [0.25, 0.3) is 0 Å². The average molecular weight is 303 g/mol. The summed E-state index contributed by atoms with van der Waals surface area (Å²) in [4.78, 5) is 1.43. The molecule has 0 amide bonds. The van der Waals surface area contributed by atoms with Crippen molar-refractivity contribution in [1.82, 2.24) is 0 Å². The third kappa shape index (κ3) is 3.52. The van der Waals surface area contributed by atoms with Crippen molar-refractivity contribution in [2.45, 2.75) is 18.7 Å². The first-order valence-corrected chi connectivity index (χ1v) is 7.81. The van der Waals surface area contributed by atoms with Crippen molar-refractivity contribution in [2.75, 3.05) is 5.75 Å². The molecule has 0 aliphatic rings. The fourth-order valence-electron chi connectivity index (χ4n) is 1.92. The molecule has 0 unspecified atom stereocenters. The Hall–Kier alpha value is -1.52. The minimum Gasteiger partial charge on any atom is -0.457 e. The van der Waals surface area contributed by atoms with Crippen LogP contribution in [0.5, 0.6) is 11.5 Å². The zero-order chi connectivity index (χ0) is 14.5. The van der Waals surface area contributed by atoms with Crippen LogP contribution >= 0.6 is 24.0 Å². The predicted molar refractivity (Wildman–Crippen MR) is 90.0 cm³/mol. The van der Waals surface area contributed by atoms with Gasteiger partial charge in [-0.2, -0.15) is 0 Å². The first-order valence-electron chi connectivity index (χ1n) is 6.42. The lowest BCUT2D eigenvalue weighted by molar-refractivity contribution is 0.480. The Morgan fingerprint density at radius 3 is 2.65 bits per heavy atom. The van der Waals surface area contributed by atoms with Crippen LogP contribution in [-0.4, -0.2) is 10.7 Å². The van der Waals surface area contributed by atoms with Crippen molar-refractivity contribution in [3.63, 3.8) is 0 Å². The second-order valence-electron chi connectivity index (χ2n) is 4.35. The van der Waals surface area contributed by atoms with Crippen LogP contribution in [-0.2, 0) is 0 Å². The van der Waals surface area contributed by atoms with Gasteiger partial charge in [-0.25, -0.2) is 0 Å². The Balaban J connectivity index is 2.40. The van der Waals surface area contributed by atoms with E-state index in [0.717, 1.165) is 27.5 Å². The topological polar surface area (TPSA) is 35.2 Å². The molecule has 0 bridgehead atoms. The Kier molecular flexibility index (Phi) is 5.04. The maximum Gasteiger partial charge on any atom is 0.138 e. The van der Waals surface area contributed by atoms with Crippen molar-refractivity contribution >= 4 is 29.0 Å². The molecule has 20 heavy (non-hydrogen) atoms. The van der Waals surface area contributed by atoms with Crippen molar-refractivity contribution in [1.29, 1.82) is 0 Å². The van der Waals surface area contributed by atoms with Crippen LogP contribution in [0.15, 0.2) is 47.4 Å². The maximum absolute atomic E-state index is 5.96. The van der Waals surface area contributed by atoms with E-state index in [0.29, 0.717) is 10.7 Å². The molecule has 2 nitrogen and oxygen atoms in total. The molecule has 0 aliphatic heterocycles. The van der Waals surface area contributed by atoms with Gasteiger partial charge >= 0.3 is 0 Å². The quantitative estimate of drug-likeness (QED) is 0.650. The van der Waals surface area contributed by atoms with Crippen molar-refractivity contribution in [2.24, 2.45) is 5.73 Å². The Morgan fingerprint density at radius 2 is 2.00 bits per heavy atom. The molecule has 0 spiro atoms. The molecule has 0 saturated carbocycles. The molecule has 0 radical (unpaired) electrons. The van der Waals surface area contributed by atoms with Crippen molar-refractivity contribution in [3.05, 3.63) is 53.6 Å². The maximum atomic E-state index is 5.96. The van der Waals surface area contributed by atoms with Gasteiger partial charge in [-0.15, -0.1) is 11.8 Å². The molecule has 104 valence electrons. The molecule has 0 heterocycles. The minimum absolute atomic E-state index is 0.365. The Morgan fingerprint density at radius 1 is 1.25 bits per heavy atom. The van der Waals surface area contributed by atoms with E-state index in [1.54, 1.807) is 11.8 Å².